The first kappa shape index (κ1) is 13.0. The zero-order chi connectivity index (χ0) is 13.0. The van der Waals surface area contributed by atoms with Crippen LogP contribution in [0.15, 0.2) is 34.9 Å². The number of hydrogen-bond donors (Lipinski definition) is 1. The van der Waals surface area contributed by atoms with Gasteiger partial charge in [0.1, 0.15) is 16.2 Å². The summed E-state index contributed by atoms with van der Waals surface area (Å²) in [7, 11) is 0. The van der Waals surface area contributed by atoms with Gasteiger partial charge in [-0.05, 0) is 40.4 Å². The average Bonchev–Trinajstić information content (AvgIpc) is 2.35. The van der Waals surface area contributed by atoms with Crippen molar-refractivity contribution < 1.29 is 0 Å². The minimum Gasteiger partial charge on any atom is -0.366 e. The van der Waals surface area contributed by atoms with Crippen molar-refractivity contribution in [2.75, 3.05) is 5.32 Å². The van der Waals surface area contributed by atoms with Crippen molar-refractivity contribution in [1.82, 2.24) is 9.97 Å². The molecule has 0 amide bonds. The molecule has 0 bridgehead atoms. The topological polar surface area (TPSA) is 37.8 Å². The van der Waals surface area contributed by atoms with Crippen LogP contribution in [0.4, 0.5) is 5.82 Å². The number of halogens is 1. The highest BCUT2D eigenvalue weighted by Crippen LogP contribution is 2.15. The van der Waals surface area contributed by atoms with Gasteiger partial charge in [0.2, 0.25) is 0 Å². The van der Waals surface area contributed by atoms with Gasteiger partial charge in [-0.3, -0.25) is 0 Å². The second-order valence-electron chi connectivity index (χ2n) is 4.10. The Hall–Kier alpha value is -1.42. The number of rotatable bonds is 4. The molecule has 0 aliphatic carbocycles. The van der Waals surface area contributed by atoms with E-state index in [1.54, 1.807) is 0 Å². The molecule has 4 heteroatoms. The SMILES string of the molecule is CCc1ccccc1CNc1cc(Br)nc(C)n1. The fourth-order valence-electron chi connectivity index (χ4n) is 1.88. The van der Waals surface area contributed by atoms with E-state index in [2.05, 4.69) is 62.4 Å². The summed E-state index contributed by atoms with van der Waals surface area (Å²) in [4.78, 5) is 8.54. The molecule has 0 atom stereocenters. The zero-order valence-corrected chi connectivity index (χ0v) is 12.2. The molecule has 0 fully saturated rings. The van der Waals surface area contributed by atoms with Crippen LogP contribution in [0.25, 0.3) is 0 Å². The monoisotopic (exact) mass is 305 g/mol. The second kappa shape index (κ2) is 5.96. The van der Waals surface area contributed by atoms with Gasteiger partial charge in [0, 0.05) is 12.6 Å². The molecule has 1 heterocycles. The quantitative estimate of drug-likeness (QED) is 0.875. The summed E-state index contributed by atoms with van der Waals surface area (Å²) in [6.45, 7) is 4.84. The van der Waals surface area contributed by atoms with E-state index in [0.717, 1.165) is 29.2 Å². The van der Waals surface area contributed by atoms with E-state index >= 15 is 0 Å². The predicted molar refractivity (Wildman–Crippen MR) is 77.6 cm³/mol. The molecule has 0 unspecified atom stereocenters. The van der Waals surface area contributed by atoms with Gasteiger partial charge in [0.15, 0.2) is 0 Å². The minimum absolute atomic E-state index is 0.760. The average molecular weight is 306 g/mol. The molecule has 0 saturated heterocycles. The maximum absolute atomic E-state index is 4.35. The van der Waals surface area contributed by atoms with Gasteiger partial charge >= 0.3 is 0 Å². The van der Waals surface area contributed by atoms with Crippen LogP contribution in [0.2, 0.25) is 0 Å². The third kappa shape index (κ3) is 3.29. The fourth-order valence-corrected chi connectivity index (χ4v) is 2.36. The molecule has 18 heavy (non-hydrogen) atoms. The molecule has 94 valence electrons. The van der Waals surface area contributed by atoms with Crippen molar-refractivity contribution in [3.05, 3.63) is 51.9 Å². The summed E-state index contributed by atoms with van der Waals surface area (Å²) in [5.74, 6) is 1.61. The number of aryl methyl sites for hydroxylation is 2. The molecular weight excluding hydrogens is 290 g/mol. The number of hydrogen-bond acceptors (Lipinski definition) is 3. The summed E-state index contributed by atoms with van der Waals surface area (Å²) >= 11 is 3.38. The van der Waals surface area contributed by atoms with E-state index in [-0.39, 0.29) is 0 Å². The van der Waals surface area contributed by atoms with Crippen LogP contribution < -0.4 is 5.32 Å². The lowest BCUT2D eigenvalue weighted by Gasteiger charge is -2.10. The number of aromatic nitrogens is 2. The maximum atomic E-state index is 4.35. The van der Waals surface area contributed by atoms with Gasteiger partial charge in [-0.25, -0.2) is 9.97 Å². The first-order valence-electron chi connectivity index (χ1n) is 6.01. The van der Waals surface area contributed by atoms with Gasteiger partial charge in [-0.15, -0.1) is 0 Å². The van der Waals surface area contributed by atoms with E-state index in [1.165, 1.54) is 11.1 Å². The molecule has 3 nitrogen and oxygen atoms in total. The lowest BCUT2D eigenvalue weighted by Crippen LogP contribution is -2.05. The largest absolute Gasteiger partial charge is 0.366 e. The number of nitrogens with zero attached hydrogens (tertiary/aromatic N) is 2. The van der Waals surface area contributed by atoms with Crippen LogP contribution in [0.3, 0.4) is 0 Å². The molecule has 0 saturated carbocycles. The predicted octanol–water partition coefficient (Wildman–Crippen LogP) is 3.72. The molecule has 0 aliphatic rings. The van der Waals surface area contributed by atoms with E-state index in [4.69, 9.17) is 0 Å². The van der Waals surface area contributed by atoms with E-state index < -0.39 is 0 Å². The van der Waals surface area contributed by atoms with E-state index in [1.807, 2.05) is 13.0 Å². The first-order chi connectivity index (χ1) is 8.69. The summed E-state index contributed by atoms with van der Waals surface area (Å²) in [6.07, 6.45) is 1.05. The van der Waals surface area contributed by atoms with Crippen molar-refractivity contribution >= 4 is 21.7 Å². The van der Waals surface area contributed by atoms with Crippen LogP contribution in [0.1, 0.15) is 23.9 Å². The van der Waals surface area contributed by atoms with Crippen molar-refractivity contribution in [3.63, 3.8) is 0 Å². The first-order valence-corrected chi connectivity index (χ1v) is 6.80. The van der Waals surface area contributed by atoms with E-state index in [9.17, 15) is 0 Å². The standard InChI is InChI=1S/C14H16BrN3/c1-3-11-6-4-5-7-12(11)9-16-14-8-13(15)17-10(2)18-14/h4-8H,3,9H2,1-2H3,(H,16,17,18). The number of anilines is 1. The Bertz CT molecular complexity index is 520. The van der Waals surface area contributed by atoms with Gasteiger partial charge < -0.3 is 5.32 Å². The minimum atomic E-state index is 0.760. The highest BCUT2D eigenvalue weighted by molar-refractivity contribution is 9.10. The molecule has 0 radical (unpaired) electrons. The van der Waals surface area contributed by atoms with E-state index in [0.29, 0.717) is 0 Å². The highest BCUT2D eigenvalue weighted by atomic mass is 79.9. The second-order valence-corrected chi connectivity index (χ2v) is 4.91. The Balaban J connectivity index is 2.11. The van der Waals surface area contributed by atoms with Crippen LogP contribution in [0.5, 0.6) is 0 Å². The fraction of sp³-hybridized carbons (Fsp3) is 0.286. The molecule has 2 aromatic rings. The van der Waals surface area contributed by atoms with Crippen LogP contribution in [-0.2, 0) is 13.0 Å². The van der Waals surface area contributed by atoms with Crippen molar-refractivity contribution in [2.24, 2.45) is 0 Å². The molecule has 1 aromatic carbocycles. The van der Waals surface area contributed by atoms with Gasteiger partial charge in [-0.1, -0.05) is 31.2 Å². The number of nitrogens with one attached hydrogen (secondary N) is 1. The normalized spacial score (nSPS) is 10.4. The Morgan fingerprint density at radius 3 is 2.56 bits per heavy atom. The third-order valence-corrected chi connectivity index (χ3v) is 3.17. The Kier molecular flexibility index (Phi) is 4.31. The summed E-state index contributed by atoms with van der Waals surface area (Å²) in [5.41, 5.74) is 2.68. The van der Waals surface area contributed by atoms with Crippen molar-refractivity contribution in [1.29, 1.82) is 0 Å². The lowest BCUT2D eigenvalue weighted by molar-refractivity contribution is 0.992. The van der Waals surface area contributed by atoms with Gasteiger partial charge in [0.25, 0.3) is 0 Å². The van der Waals surface area contributed by atoms with Crippen molar-refractivity contribution in [2.45, 2.75) is 26.8 Å². The smallest absolute Gasteiger partial charge is 0.131 e. The van der Waals surface area contributed by atoms with Crippen LogP contribution in [-0.4, -0.2) is 9.97 Å². The summed E-state index contributed by atoms with van der Waals surface area (Å²) in [5, 5.41) is 3.34. The molecular formula is C14H16BrN3. The van der Waals surface area contributed by atoms with Crippen LogP contribution in [0, 0.1) is 6.92 Å². The number of benzene rings is 1. The van der Waals surface area contributed by atoms with Gasteiger partial charge in [0.05, 0.1) is 0 Å². The molecule has 0 aliphatic heterocycles. The maximum Gasteiger partial charge on any atom is 0.131 e. The van der Waals surface area contributed by atoms with Gasteiger partial charge in [-0.2, -0.15) is 0 Å². The third-order valence-electron chi connectivity index (χ3n) is 2.77. The summed E-state index contributed by atoms with van der Waals surface area (Å²) in [6, 6.07) is 10.3. The molecule has 1 aromatic heterocycles. The Morgan fingerprint density at radius 2 is 1.89 bits per heavy atom. The lowest BCUT2D eigenvalue weighted by atomic mass is 10.1. The molecule has 2 rings (SSSR count). The molecule has 1 N–H and O–H groups in total. The Morgan fingerprint density at radius 1 is 1.17 bits per heavy atom. The van der Waals surface area contributed by atoms with Crippen LogP contribution >= 0.6 is 15.9 Å². The zero-order valence-electron chi connectivity index (χ0n) is 10.6. The highest BCUT2D eigenvalue weighted by Gasteiger charge is 2.02. The molecule has 0 spiro atoms. The Labute approximate surface area is 116 Å². The summed E-state index contributed by atoms with van der Waals surface area (Å²) < 4.78 is 0.807. The van der Waals surface area contributed by atoms with Crippen molar-refractivity contribution in [3.8, 4) is 0 Å².